The number of nitrogens with zero attached hydrogens (tertiary/aromatic N) is 1. The van der Waals surface area contributed by atoms with E-state index in [0.29, 0.717) is 10.3 Å². The second-order valence-electron chi connectivity index (χ2n) is 6.54. The lowest BCUT2D eigenvalue weighted by Gasteiger charge is -2.16. The van der Waals surface area contributed by atoms with E-state index in [1.54, 1.807) is 36.4 Å². The third kappa shape index (κ3) is 4.39. The Kier molecular flexibility index (Phi) is 5.91. The highest BCUT2D eigenvalue weighted by molar-refractivity contribution is 9.10. The first-order chi connectivity index (χ1) is 14.7. The Labute approximate surface area is 193 Å². The van der Waals surface area contributed by atoms with Crippen LogP contribution >= 0.6 is 45.3 Å². The molecule has 0 N–H and O–H groups in total. The van der Waals surface area contributed by atoms with Crippen LogP contribution in [0, 0.1) is 17.0 Å². The molecule has 0 saturated heterocycles. The maximum absolute atomic E-state index is 13.2. The van der Waals surface area contributed by atoms with Crippen LogP contribution in [-0.4, -0.2) is 4.92 Å². The lowest BCUT2D eigenvalue weighted by atomic mass is 10.1. The van der Waals surface area contributed by atoms with E-state index in [0.717, 1.165) is 27.5 Å². The number of para-hydroxylation sites is 1. The number of benzene rings is 3. The summed E-state index contributed by atoms with van der Waals surface area (Å²) in [5.41, 5.74) is 0.0496. The summed E-state index contributed by atoms with van der Waals surface area (Å²) in [6, 6.07) is 14.3. The van der Waals surface area contributed by atoms with E-state index in [9.17, 15) is 19.5 Å². The highest BCUT2D eigenvalue weighted by Crippen LogP contribution is 2.67. The van der Waals surface area contributed by atoms with Gasteiger partial charge in [-0.2, -0.15) is 0 Å². The van der Waals surface area contributed by atoms with Gasteiger partial charge in [0.25, 0.3) is 0 Å². The molecule has 4 aromatic rings. The van der Waals surface area contributed by atoms with E-state index < -0.39 is 22.1 Å². The fourth-order valence-corrected chi connectivity index (χ4v) is 7.27. The predicted octanol–water partition coefficient (Wildman–Crippen LogP) is 7.13. The van der Waals surface area contributed by atoms with Crippen LogP contribution in [0.2, 0.25) is 0 Å². The summed E-state index contributed by atoms with van der Waals surface area (Å²) in [6.07, 6.45) is 0. The number of halogens is 1. The normalized spacial score (nSPS) is 13.3. The van der Waals surface area contributed by atoms with Crippen LogP contribution in [0.25, 0.3) is 21.9 Å². The second-order valence-corrected chi connectivity index (χ2v) is 13.6. The Morgan fingerprint density at radius 1 is 1.16 bits per heavy atom. The van der Waals surface area contributed by atoms with Crippen LogP contribution in [-0.2, 0) is 4.57 Å². The first-order valence-corrected chi connectivity index (χ1v) is 13.8. The van der Waals surface area contributed by atoms with Gasteiger partial charge in [-0.25, -0.2) is 0 Å². The molecule has 1 heterocycles. The Morgan fingerprint density at radius 2 is 1.90 bits per heavy atom. The maximum Gasteiger partial charge on any atom is 0.361 e. The average Bonchev–Trinajstić information content (AvgIpc) is 2.70. The minimum Gasteiger partial charge on any atom is -0.452 e. The molecule has 0 spiro atoms. The van der Waals surface area contributed by atoms with Crippen molar-refractivity contribution in [3.63, 3.8) is 0 Å². The van der Waals surface area contributed by atoms with Crippen molar-refractivity contribution in [3.05, 3.63) is 85.0 Å². The summed E-state index contributed by atoms with van der Waals surface area (Å²) in [6.45, 7) is 1.83. The van der Waals surface area contributed by atoms with Crippen LogP contribution < -0.4 is 9.95 Å². The van der Waals surface area contributed by atoms with Gasteiger partial charge in [0, 0.05) is 15.4 Å². The van der Waals surface area contributed by atoms with Crippen LogP contribution in [0.1, 0.15) is 5.56 Å². The molecule has 0 aliphatic heterocycles. The van der Waals surface area contributed by atoms with Gasteiger partial charge in [-0.1, -0.05) is 40.3 Å². The molecule has 0 bridgehead atoms. The highest BCUT2D eigenvalue weighted by atomic mass is 79.9. The standard InChI is InChI=1S/C20H13BrNO6PS2/c1-11-10-12(21)6-9-17(11)31-29(26,30)28-20-15(22(24)25)8-7-14-18(23)13-4-2-3-5-16(13)27-19(14)20/h2-10H,1H3,(H,26,30). The molecule has 1 atom stereocenters. The third-order valence-electron chi connectivity index (χ3n) is 4.43. The minimum atomic E-state index is -3.80. The van der Waals surface area contributed by atoms with Gasteiger partial charge in [-0.3, -0.25) is 19.5 Å². The van der Waals surface area contributed by atoms with Crippen molar-refractivity contribution in [2.75, 3.05) is 0 Å². The molecule has 0 aliphatic carbocycles. The van der Waals surface area contributed by atoms with Crippen molar-refractivity contribution in [1.29, 1.82) is 0 Å². The number of thiol groups is 1. The van der Waals surface area contributed by atoms with Gasteiger partial charge in [0.1, 0.15) is 5.58 Å². The minimum absolute atomic E-state index is 0.0810. The quantitative estimate of drug-likeness (QED) is 0.0949. The number of aryl methyl sites for hydroxylation is 1. The maximum atomic E-state index is 13.2. The molecule has 0 aliphatic rings. The molecule has 158 valence electrons. The SMILES string of the molecule is Cc1cc(Br)ccc1SP(=O)(S)Oc1c([N+](=O)[O-])ccc2c(=O)c3ccccc3oc12. The van der Waals surface area contributed by atoms with Crippen LogP contribution in [0.4, 0.5) is 5.69 Å². The first kappa shape index (κ1) is 22.0. The van der Waals surface area contributed by atoms with E-state index in [2.05, 4.69) is 28.2 Å². The van der Waals surface area contributed by atoms with Gasteiger partial charge in [0.2, 0.25) is 11.2 Å². The lowest BCUT2D eigenvalue weighted by Crippen LogP contribution is -2.04. The summed E-state index contributed by atoms with van der Waals surface area (Å²) in [5.74, 6) is -4.19. The number of hydrogen-bond donors (Lipinski definition) is 1. The van der Waals surface area contributed by atoms with Crippen LogP contribution in [0.15, 0.2) is 73.2 Å². The van der Waals surface area contributed by atoms with Gasteiger partial charge in [0.15, 0.2) is 5.58 Å². The fourth-order valence-electron chi connectivity index (χ4n) is 3.04. The molecule has 1 aromatic heterocycles. The summed E-state index contributed by atoms with van der Waals surface area (Å²) in [5, 5.41) is 12.0. The molecule has 0 saturated carbocycles. The zero-order valence-corrected chi connectivity index (χ0v) is 20.0. The highest BCUT2D eigenvalue weighted by Gasteiger charge is 2.31. The molecule has 0 fully saturated rings. The summed E-state index contributed by atoms with van der Waals surface area (Å²) in [4.78, 5) is 24.4. The van der Waals surface area contributed by atoms with Crippen molar-refractivity contribution in [3.8, 4) is 5.75 Å². The Hall–Kier alpha value is -2.26. The van der Waals surface area contributed by atoms with Crippen molar-refractivity contribution in [2.45, 2.75) is 11.8 Å². The van der Waals surface area contributed by atoms with Gasteiger partial charge in [-0.05, 0) is 60.3 Å². The van der Waals surface area contributed by atoms with E-state index in [-0.39, 0.29) is 22.0 Å². The first-order valence-electron chi connectivity index (χ1n) is 8.77. The molecular formula is C20H13BrNO6PS2. The number of nitro benzene ring substituents is 1. The number of rotatable bonds is 5. The lowest BCUT2D eigenvalue weighted by molar-refractivity contribution is -0.385. The van der Waals surface area contributed by atoms with Crippen molar-refractivity contribution >= 4 is 73.0 Å². The van der Waals surface area contributed by atoms with E-state index >= 15 is 0 Å². The molecule has 4 rings (SSSR count). The second kappa shape index (κ2) is 8.35. The largest absolute Gasteiger partial charge is 0.452 e. The molecule has 7 nitrogen and oxygen atoms in total. The number of fused-ring (bicyclic) bond motifs is 2. The molecule has 1 unspecified atom stereocenters. The predicted molar refractivity (Wildman–Crippen MR) is 129 cm³/mol. The molecule has 0 radical (unpaired) electrons. The molecule has 3 aromatic carbocycles. The fraction of sp³-hybridized carbons (Fsp3) is 0.0500. The third-order valence-corrected chi connectivity index (χ3v) is 8.71. The van der Waals surface area contributed by atoms with Gasteiger partial charge >= 0.3 is 11.5 Å². The van der Waals surface area contributed by atoms with Crippen LogP contribution in [0.5, 0.6) is 5.75 Å². The summed E-state index contributed by atoms with van der Waals surface area (Å²) in [7, 11) is 0. The Balaban J connectivity index is 1.88. The molecular weight excluding hydrogens is 525 g/mol. The topological polar surface area (TPSA) is 99.6 Å². The van der Waals surface area contributed by atoms with Crippen molar-refractivity contribution in [2.24, 2.45) is 0 Å². The van der Waals surface area contributed by atoms with Gasteiger partial charge in [0.05, 0.1) is 15.7 Å². The van der Waals surface area contributed by atoms with Crippen molar-refractivity contribution in [1.82, 2.24) is 0 Å². The Morgan fingerprint density at radius 3 is 2.61 bits per heavy atom. The van der Waals surface area contributed by atoms with Gasteiger partial charge < -0.3 is 8.94 Å². The number of nitro groups is 1. The van der Waals surface area contributed by atoms with Crippen LogP contribution in [0.3, 0.4) is 0 Å². The van der Waals surface area contributed by atoms with E-state index in [1.807, 2.05) is 13.0 Å². The average molecular weight is 538 g/mol. The Bertz CT molecular complexity index is 1470. The van der Waals surface area contributed by atoms with E-state index in [4.69, 9.17) is 8.94 Å². The smallest absolute Gasteiger partial charge is 0.361 e. The monoisotopic (exact) mass is 537 g/mol. The zero-order valence-electron chi connectivity index (χ0n) is 15.8. The molecule has 11 heteroatoms. The molecule has 0 amide bonds. The summed E-state index contributed by atoms with van der Waals surface area (Å²) >= 11 is 8.38. The molecule has 31 heavy (non-hydrogen) atoms. The van der Waals surface area contributed by atoms with Crippen molar-refractivity contribution < 1.29 is 18.4 Å². The zero-order chi connectivity index (χ0) is 22.3. The van der Waals surface area contributed by atoms with E-state index in [1.165, 1.54) is 6.07 Å². The number of hydrogen-bond acceptors (Lipinski definition) is 7. The summed E-state index contributed by atoms with van der Waals surface area (Å²) < 4.78 is 25.4. The van der Waals surface area contributed by atoms with Gasteiger partial charge in [-0.15, -0.1) is 0 Å².